The lowest BCUT2D eigenvalue weighted by Crippen LogP contribution is -2.34. The second-order valence-electron chi connectivity index (χ2n) is 6.28. The molecule has 0 aliphatic heterocycles. The third-order valence-corrected chi connectivity index (χ3v) is 5.40. The molecule has 2 aromatic heterocycles. The number of carbonyl (C=O) groups excluding carboxylic acids is 1. The second-order valence-corrected chi connectivity index (χ2v) is 7.15. The average Bonchev–Trinajstić information content (AvgIpc) is 3.24. The van der Waals surface area contributed by atoms with Gasteiger partial charge in [-0.1, -0.05) is 24.3 Å². The molecule has 7 heteroatoms. The SMILES string of the molecule is O=C(Nc1ccc(-c2cn3ccsc3n2)cc1)[C@H]1CC=CC[C@H]1C(=O)O. The minimum Gasteiger partial charge on any atom is -0.481 e. The van der Waals surface area contributed by atoms with Gasteiger partial charge in [-0.15, -0.1) is 11.3 Å². The zero-order valence-electron chi connectivity index (χ0n) is 13.8. The number of carboxylic acid groups (broad SMARTS) is 1. The van der Waals surface area contributed by atoms with Gasteiger partial charge in [0.15, 0.2) is 4.96 Å². The van der Waals surface area contributed by atoms with E-state index in [1.54, 1.807) is 11.3 Å². The Labute approximate surface area is 153 Å². The van der Waals surface area contributed by atoms with Crippen molar-refractivity contribution in [3.63, 3.8) is 0 Å². The molecule has 2 heterocycles. The Hall–Kier alpha value is -2.93. The van der Waals surface area contributed by atoms with Crippen molar-refractivity contribution in [3.05, 3.63) is 54.2 Å². The summed E-state index contributed by atoms with van der Waals surface area (Å²) in [5, 5.41) is 14.1. The first-order chi connectivity index (χ1) is 12.6. The Bertz CT molecular complexity index is 959. The molecule has 1 aromatic carbocycles. The summed E-state index contributed by atoms with van der Waals surface area (Å²) in [5.41, 5.74) is 2.49. The van der Waals surface area contributed by atoms with Gasteiger partial charge in [-0.05, 0) is 25.0 Å². The molecule has 1 aliphatic carbocycles. The minimum atomic E-state index is -0.926. The highest BCUT2D eigenvalue weighted by atomic mass is 32.1. The van der Waals surface area contributed by atoms with Gasteiger partial charge in [0, 0.05) is 29.0 Å². The molecule has 2 atom stereocenters. The van der Waals surface area contributed by atoms with Crippen LogP contribution >= 0.6 is 11.3 Å². The van der Waals surface area contributed by atoms with E-state index < -0.39 is 17.8 Å². The van der Waals surface area contributed by atoms with Crippen molar-refractivity contribution >= 4 is 33.9 Å². The highest BCUT2D eigenvalue weighted by molar-refractivity contribution is 7.15. The third kappa shape index (κ3) is 3.13. The monoisotopic (exact) mass is 367 g/mol. The largest absolute Gasteiger partial charge is 0.481 e. The number of carbonyl (C=O) groups is 2. The lowest BCUT2D eigenvalue weighted by molar-refractivity contribution is -0.146. The van der Waals surface area contributed by atoms with E-state index in [-0.39, 0.29) is 5.91 Å². The summed E-state index contributed by atoms with van der Waals surface area (Å²) in [7, 11) is 0. The maximum Gasteiger partial charge on any atom is 0.307 e. The first kappa shape index (κ1) is 16.5. The summed E-state index contributed by atoms with van der Waals surface area (Å²) in [6, 6.07) is 7.43. The number of nitrogens with zero attached hydrogens (tertiary/aromatic N) is 2. The molecule has 0 fully saturated rings. The number of carboxylic acids is 1. The fourth-order valence-electron chi connectivity index (χ4n) is 3.20. The van der Waals surface area contributed by atoms with Crippen LogP contribution in [0.15, 0.2) is 54.2 Å². The van der Waals surface area contributed by atoms with Crippen molar-refractivity contribution in [2.45, 2.75) is 12.8 Å². The minimum absolute atomic E-state index is 0.253. The van der Waals surface area contributed by atoms with Gasteiger partial charge in [0.05, 0.1) is 17.5 Å². The van der Waals surface area contributed by atoms with Gasteiger partial charge in [0.1, 0.15) is 0 Å². The number of aromatic nitrogens is 2. The zero-order valence-corrected chi connectivity index (χ0v) is 14.6. The van der Waals surface area contributed by atoms with Gasteiger partial charge in [-0.2, -0.15) is 0 Å². The Balaban J connectivity index is 1.48. The van der Waals surface area contributed by atoms with E-state index in [1.165, 1.54) is 0 Å². The molecule has 0 bridgehead atoms. The van der Waals surface area contributed by atoms with E-state index in [9.17, 15) is 14.7 Å². The first-order valence-corrected chi connectivity index (χ1v) is 9.21. The molecule has 0 saturated heterocycles. The molecular weight excluding hydrogens is 350 g/mol. The van der Waals surface area contributed by atoms with E-state index >= 15 is 0 Å². The smallest absolute Gasteiger partial charge is 0.307 e. The molecule has 0 saturated carbocycles. The van der Waals surface area contributed by atoms with Crippen molar-refractivity contribution in [1.82, 2.24) is 9.38 Å². The van der Waals surface area contributed by atoms with Gasteiger partial charge in [0.25, 0.3) is 0 Å². The quantitative estimate of drug-likeness (QED) is 0.689. The molecule has 132 valence electrons. The number of aliphatic carboxylic acids is 1. The predicted molar refractivity (Wildman–Crippen MR) is 100 cm³/mol. The number of anilines is 1. The van der Waals surface area contributed by atoms with Crippen LogP contribution in [0, 0.1) is 11.8 Å². The van der Waals surface area contributed by atoms with Crippen LogP contribution in [-0.2, 0) is 9.59 Å². The molecular formula is C19H17N3O3S. The van der Waals surface area contributed by atoms with E-state index in [0.717, 1.165) is 16.2 Å². The van der Waals surface area contributed by atoms with Crippen LogP contribution in [0.2, 0.25) is 0 Å². The Morgan fingerprint density at radius 3 is 2.58 bits per heavy atom. The number of amides is 1. The number of hydrogen-bond acceptors (Lipinski definition) is 4. The van der Waals surface area contributed by atoms with Crippen LogP contribution in [0.3, 0.4) is 0 Å². The summed E-state index contributed by atoms with van der Waals surface area (Å²) in [5.74, 6) is -2.39. The highest BCUT2D eigenvalue weighted by Crippen LogP contribution is 2.28. The van der Waals surface area contributed by atoms with Crippen LogP contribution < -0.4 is 5.32 Å². The standard InChI is InChI=1S/C19H17N3O3S/c23-17(14-3-1-2-4-15(14)18(24)25)20-13-7-5-12(6-8-13)16-11-22-9-10-26-19(22)21-16/h1-2,5-11,14-15H,3-4H2,(H,20,23)(H,24,25)/t14-,15+/m0/s1. The van der Waals surface area contributed by atoms with E-state index in [1.807, 2.05) is 58.6 Å². The Morgan fingerprint density at radius 1 is 1.15 bits per heavy atom. The first-order valence-electron chi connectivity index (χ1n) is 8.33. The van der Waals surface area contributed by atoms with Crippen molar-refractivity contribution in [1.29, 1.82) is 0 Å². The molecule has 0 spiro atoms. The van der Waals surface area contributed by atoms with Crippen LogP contribution in [0.1, 0.15) is 12.8 Å². The van der Waals surface area contributed by atoms with Crippen molar-refractivity contribution in [2.75, 3.05) is 5.32 Å². The fraction of sp³-hybridized carbons (Fsp3) is 0.211. The van der Waals surface area contributed by atoms with Gasteiger partial charge in [-0.3, -0.25) is 14.0 Å². The summed E-state index contributed by atoms with van der Waals surface area (Å²) < 4.78 is 1.97. The van der Waals surface area contributed by atoms with E-state index in [0.29, 0.717) is 18.5 Å². The van der Waals surface area contributed by atoms with Crippen LogP contribution in [0.25, 0.3) is 16.2 Å². The van der Waals surface area contributed by atoms with E-state index in [4.69, 9.17) is 0 Å². The summed E-state index contributed by atoms with van der Waals surface area (Å²) >= 11 is 1.57. The lowest BCUT2D eigenvalue weighted by atomic mass is 9.82. The normalized spacial score (nSPS) is 19.5. The van der Waals surface area contributed by atoms with Crippen molar-refractivity contribution in [2.24, 2.45) is 11.8 Å². The topological polar surface area (TPSA) is 83.7 Å². The second kappa shape index (κ2) is 6.76. The fourth-order valence-corrected chi connectivity index (χ4v) is 3.90. The number of nitrogens with one attached hydrogen (secondary N) is 1. The highest BCUT2D eigenvalue weighted by Gasteiger charge is 2.33. The van der Waals surface area contributed by atoms with Crippen LogP contribution in [-0.4, -0.2) is 26.4 Å². The lowest BCUT2D eigenvalue weighted by Gasteiger charge is -2.24. The summed E-state index contributed by atoms with van der Waals surface area (Å²) in [6.07, 6.45) is 8.47. The zero-order chi connectivity index (χ0) is 18.1. The number of hydrogen-bond donors (Lipinski definition) is 2. The number of rotatable bonds is 4. The van der Waals surface area contributed by atoms with Crippen LogP contribution in [0.5, 0.6) is 0 Å². The summed E-state index contributed by atoms with van der Waals surface area (Å²) in [6.45, 7) is 0. The third-order valence-electron chi connectivity index (χ3n) is 4.63. The van der Waals surface area contributed by atoms with E-state index in [2.05, 4.69) is 10.3 Å². The molecule has 0 unspecified atom stereocenters. The molecule has 1 amide bonds. The molecule has 1 aliphatic rings. The average molecular weight is 367 g/mol. The van der Waals surface area contributed by atoms with Crippen LogP contribution in [0.4, 0.5) is 5.69 Å². The van der Waals surface area contributed by atoms with Gasteiger partial charge >= 0.3 is 5.97 Å². The molecule has 4 rings (SSSR count). The van der Waals surface area contributed by atoms with Gasteiger partial charge < -0.3 is 10.4 Å². The van der Waals surface area contributed by atoms with Crippen molar-refractivity contribution < 1.29 is 14.7 Å². The van der Waals surface area contributed by atoms with Crippen molar-refractivity contribution in [3.8, 4) is 11.3 Å². The molecule has 3 aromatic rings. The summed E-state index contributed by atoms with van der Waals surface area (Å²) in [4.78, 5) is 29.3. The Morgan fingerprint density at radius 2 is 1.88 bits per heavy atom. The number of imidazole rings is 1. The predicted octanol–water partition coefficient (Wildman–Crippen LogP) is 3.67. The molecule has 0 radical (unpaired) electrons. The molecule has 26 heavy (non-hydrogen) atoms. The number of benzene rings is 1. The Kier molecular flexibility index (Phi) is 4.30. The molecule has 2 N–H and O–H groups in total. The number of thiazole rings is 1. The number of fused-ring (bicyclic) bond motifs is 1. The molecule has 6 nitrogen and oxygen atoms in total. The number of allylic oxidation sites excluding steroid dienone is 2. The van der Waals surface area contributed by atoms with Gasteiger partial charge in [0.2, 0.25) is 5.91 Å². The maximum absolute atomic E-state index is 12.5. The maximum atomic E-state index is 12.5. The van der Waals surface area contributed by atoms with Gasteiger partial charge in [-0.25, -0.2) is 4.98 Å².